The van der Waals surface area contributed by atoms with Crippen LogP contribution in [0.1, 0.15) is 13.3 Å². The summed E-state index contributed by atoms with van der Waals surface area (Å²) in [6.45, 7) is 1.97. The second kappa shape index (κ2) is 7.83. The molecule has 0 spiro atoms. The first-order valence-corrected chi connectivity index (χ1v) is 7.05. The number of ether oxygens (including phenoxy) is 1. The van der Waals surface area contributed by atoms with Crippen molar-refractivity contribution in [3.63, 3.8) is 0 Å². The van der Waals surface area contributed by atoms with Crippen molar-refractivity contribution < 1.29 is 14.3 Å². The third kappa shape index (κ3) is 4.94. The number of nitrogens with one attached hydrogen (secondary N) is 2. The van der Waals surface area contributed by atoms with Gasteiger partial charge in [0.2, 0.25) is 5.91 Å². The minimum atomic E-state index is -0.526. The Morgan fingerprint density at radius 1 is 0.909 bits per heavy atom. The maximum Gasteiger partial charge on any atom is 0.315 e. The van der Waals surface area contributed by atoms with E-state index < -0.39 is 5.97 Å². The Kier molecular flexibility index (Phi) is 5.54. The standard InChI is InChI=1S/C17H18N2O3/c1-2-22-17(21)12-16(20)19-15-10-8-14(9-11-15)18-13-6-4-3-5-7-13/h3-11,18H,2,12H2,1H3,(H,19,20). The van der Waals surface area contributed by atoms with Gasteiger partial charge in [0, 0.05) is 17.1 Å². The van der Waals surface area contributed by atoms with Gasteiger partial charge in [-0.2, -0.15) is 0 Å². The smallest absolute Gasteiger partial charge is 0.315 e. The molecular weight excluding hydrogens is 280 g/mol. The molecular formula is C17H18N2O3. The Bertz CT molecular complexity index is 624. The first-order valence-electron chi connectivity index (χ1n) is 7.05. The summed E-state index contributed by atoms with van der Waals surface area (Å²) in [5, 5.41) is 5.90. The summed E-state index contributed by atoms with van der Waals surface area (Å²) in [6.07, 6.45) is -0.280. The van der Waals surface area contributed by atoms with Crippen LogP contribution in [-0.2, 0) is 14.3 Å². The topological polar surface area (TPSA) is 67.4 Å². The van der Waals surface area contributed by atoms with E-state index in [4.69, 9.17) is 4.74 Å². The van der Waals surface area contributed by atoms with Crippen molar-refractivity contribution in [1.82, 2.24) is 0 Å². The molecule has 0 saturated carbocycles. The first kappa shape index (κ1) is 15.6. The second-order valence-electron chi connectivity index (χ2n) is 4.60. The van der Waals surface area contributed by atoms with Crippen molar-refractivity contribution >= 4 is 28.9 Å². The van der Waals surface area contributed by atoms with Crippen molar-refractivity contribution in [3.8, 4) is 0 Å². The zero-order chi connectivity index (χ0) is 15.8. The number of para-hydroxylation sites is 1. The minimum Gasteiger partial charge on any atom is -0.466 e. The Morgan fingerprint density at radius 3 is 2.14 bits per heavy atom. The summed E-state index contributed by atoms with van der Waals surface area (Å²) < 4.78 is 4.73. The maximum atomic E-state index is 11.6. The van der Waals surface area contributed by atoms with Gasteiger partial charge in [0.15, 0.2) is 0 Å². The summed E-state index contributed by atoms with van der Waals surface area (Å²) in [4.78, 5) is 22.9. The van der Waals surface area contributed by atoms with E-state index in [1.807, 2.05) is 42.5 Å². The maximum absolute atomic E-state index is 11.6. The van der Waals surface area contributed by atoms with E-state index in [0.717, 1.165) is 11.4 Å². The first-order chi connectivity index (χ1) is 10.7. The Balaban J connectivity index is 1.89. The third-order valence-electron chi connectivity index (χ3n) is 2.84. The lowest BCUT2D eigenvalue weighted by molar-refractivity contribution is -0.145. The van der Waals surface area contributed by atoms with Gasteiger partial charge in [-0.25, -0.2) is 0 Å². The summed E-state index contributed by atoms with van der Waals surface area (Å²) in [7, 11) is 0. The predicted molar refractivity (Wildman–Crippen MR) is 86.0 cm³/mol. The van der Waals surface area contributed by atoms with Crippen molar-refractivity contribution in [1.29, 1.82) is 0 Å². The predicted octanol–water partition coefficient (Wildman–Crippen LogP) is 3.32. The number of benzene rings is 2. The SMILES string of the molecule is CCOC(=O)CC(=O)Nc1ccc(Nc2ccccc2)cc1. The van der Waals surface area contributed by atoms with Crippen LogP contribution in [0.3, 0.4) is 0 Å². The van der Waals surface area contributed by atoms with Gasteiger partial charge < -0.3 is 15.4 Å². The quantitative estimate of drug-likeness (QED) is 0.634. The lowest BCUT2D eigenvalue weighted by Gasteiger charge is -2.08. The molecule has 5 heteroatoms. The number of hydrogen-bond donors (Lipinski definition) is 2. The molecule has 0 saturated heterocycles. The number of anilines is 3. The van der Waals surface area contributed by atoms with Crippen LogP contribution in [0.2, 0.25) is 0 Å². The normalized spacial score (nSPS) is 9.86. The summed E-state index contributed by atoms with van der Waals surface area (Å²) in [6, 6.07) is 17.0. The molecule has 2 aromatic rings. The zero-order valence-corrected chi connectivity index (χ0v) is 12.3. The van der Waals surface area contributed by atoms with Crippen LogP contribution in [0.4, 0.5) is 17.1 Å². The highest BCUT2D eigenvalue weighted by Gasteiger charge is 2.10. The van der Waals surface area contributed by atoms with Crippen LogP contribution in [0, 0.1) is 0 Å². The fraction of sp³-hybridized carbons (Fsp3) is 0.176. The van der Waals surface area contributed by atoms with Crippen LogP contribution in [0.5, 0.6) is 0 Å². The highest BCUT2D eigenvalue weighted by atomic mass is 16.5. The number of rotatable bonds is 6. The molecule has 2 N–H and O–H groups in total. The molecule has 2 aromatic carbocycles. The van der Waals surface area contributed by atoms with E-state index in [1.54, 1.807) is 19.1 Å². The van der Waals surface area contributed by atoms with E-state index in [9.17, 15) is 9.59 Å². The van der Waals surface area contributed by atoms with Crippen molar-refractivity contribution in [3.05, 3.63) is 54.6 Å². The van der Waals surface area contributed by atoms with Crippen molar-refractivity contribution in [2.45, 2.75) is 13.3 Å². The molecule has 0 aliphatic carbocycles. The monoisotopic (exact) mass is 298 g/mol. The average Bonchev–Trinajstić information content (AvgIpc) is 2.50. The molecule has 0 aromatic heterocycles. The van der Waals surface area contributed by atoms with Gasteiger partial charge in [-0.15, -0.1) is 0 Å². The van der Waals surface area contributed by atoms with Gasteiger partial charge in [-0.3, -0.25) is 9.59 Å². The van der Waals surface area contributed by atoms with Crippen LogP contribution in [-0.4, -0.2) is 18.5 Å². The molecule has 5 nitrogen and oxygen atoms in total. The highest BCUT2D eigenvalue weighted by molar-refractivity contribution is 6.01. The molecule has 22 heavy (non-hydrogen) atoms. The number of amides is 1. The fourth-order valence-electron chi connectivity index (χ4n) is 1.87. The van der Waals surface area contributed by atoms with E-state index in [2.05, 4.69) is 10.6 Å². The van der Waals surface area contributed by atoms with Gasteiger partial charge >= 0.3 is 5.97 Å². The number of carbonyl (C=O) groups is 2. The fourth-order valence-corrected chi connectivity index (χ4v) is 1.87. The molecule has 0 heterocycles. The number of carbonyl (C=O) groups excluding carboxylic acids is 2. The zero-order valence-electron chi connectivity index (χ0n) is 12.3. The molecule has 0 fully saturated rings. The largest absolute Gasteiger partial charge is 0.466 e. The average molecular weight is 298 g/mol. The molecule has 0 atom stereocenters. The summed E-state index contributed by atoms with van der Waals surface area (Å²) in [5.41, 5.74) is 2.53. The Morgan fingerprint density at radius 2 is 1.50 bits per heavy atom. The van der Waals surface area contributed by atoms with Crippen LogP contribution >= 0.6 is 0 Å². The van der Waals surface area contributed by atoms with Gasteiger partial charge in [0.05, 0.1) is 6.61 Å². The molecule has 114 valence electrons. The molecule has 0 aliphatic rings. The van der Waals surface area contributed by atoms with Crippen molar-refractivity contribution in [2.24, 2.45) is 0 Å². The van der Waals surface area contributed by atoms with Crippen LogP contribution in [0.15, 0.2) is 54.6 Å². The van der Waals surface area contributed by atoms with E-state index >= 15 is 0 Å². The van der Waals surface area contributed by atoms with Crippen molar-refractivity contribution in [2.75, 3.05) is 17.2 Å². The van der Waals surface area contributed by atoms with Gasteiger partial charge in [0.1, 0.15) is 6.42 Å². The molecule has 2 rings (SSSR count). The second-order valence-corrected chi connectivity index (χ2v) is 4.60. The van der Waals surface area contributed by atoms with Crippen LogP contribution in [0.25, 0.3) is 0 Å². The molecule has 0 aliphatic heterocycles. The van der Waals surface area contributed by atoms with E-state index in [-0.39, 0.29) is 18.9 Å². The molecule has 1 amide bonds. The van der Waals surface area contributed by atoms with Gasteiger partial charge in [0.25, 0.3) is 0 Å². The lowest BCUT2D eigenvalue weighted by atomic mass is 10.2. The van der Waals surface area contributed by atoms with E-state index in [1.165, 1.54) is 0 Å². The summed E-state index contributed by atoms with van der Waals surface area (Å²) in [5.74, 6) is -0.912. The van der Waals surface area contributed by atoms with Crippen LogP contribution < -0.4 is 10.6 Å². The summed E-state index contributed by atoms with van der Waals surface area (Å²) >= 11 is 0. The Hall–Kier alpha value is -2.82. The molecule has 0 radical (unpaired) electrons. The molecule has 0 bridgehead atoms. The van der Waals surface area contributed by atoms with Gasteiger partial charge in [-0.05, 0) is 43.3 Å². The number of hydrogen-bond acceptors (Lipinski definition) is 4. The Labute approximate surface area is 129 Å². The third-order valence-corrected chi connectivity index (χ3v) is 2.84. The molecule has 0 unspecified atom stereocenters. The van der Waals surface area contributed by atoms with E-state index in [0.29, 0.717) is 5.69 Å². The minimum absolute atomic E-state index is 0.270. The lowest BCUT2D eigenvalue weighted by Crippen LogP contribution is -2.18. The number of esters is 1. The van der Waals surface area contributed by atoms with Gasteiger partial charge in [-0.1, -0.05) is 18.2 Å². The highest BCUT2D eigenvalue weighted by Crippen LogP contribution is 2.18.